The number of phenolic OH excluding ortho intramolecular Hbond substituents is 1. The number of rotatable bonds is 3. The highest BCUT2D eigenvalue weighted by atomic mass is 16.7. The maximum atomic E-state index is 11.1. The Kier molecular flexibility index (Phi) is 3.51. The molecule has 7 heteroatoms. The standard InChI is InChI=1S/C20H27NO6/c1-21-8-7-18-9-12(22)17(25-3)20(26-4)19(18,21)10-14(27-20)11-5-6-13(24-2)16(23)15(11)18/h5-6,12,14,17,22-23H,7-10H2,1-4H3/t12-,14+,17-,18-,19-,20+/m0/s1. The molecule has 0 aromatic heterocycles. The van der Waals surface area contributed by atoms with Crippen molar-refractivity contribution in [1.29, 1.82) is 0 Å². The van der Waals surface area contributed by atoms with Gasteiger partial charge in [-0.1, -0.05) is 6.07 Å². The molecule has 1 saturated carbocycles. The Balaban J connectivity index is 1.87. The molecule has 2 aliphatic heterocycles. The average molecular weight is 377 g/mol. The number of likely N-dealkylation sites (N-methyl/N-ethyl adjacent to an activating group) is 1. The Morgan fingerprint density at radius 1 is 1.22 bits per heavy atom. The highest BCUT2D eigenvalue weighted by molar-refractivity contribution is 5.61. The summed E-state index contributed by atoms with van der Waals surface area (Å²) in [6.07, 6.45) is 0.386. The van der Waals surface area contributed by atoms with E-state index in [0.29, 0.717) is 12.2 Å². The molecule has 1 aromatic carbocycles. The second kappa shape index (κ2) is 5.36. The Hall–Kier alpha value is -1.38. The maximum absolute atomic E-state index is 11.1. The highest BCUT2D eigenvalue weighted by Gasteiger charge is 2.82. The first kappa shape index (κ1) is 17.7. The molecule has 7 nitrogen and oxygen atoms in total. The number of hydrogen-bond acceptors (Lipinski definition) is 7. The fourth-order valence-corrected chi connectivity index (χ4v) is 6.90. The van der Waals surface area contributed by atoms with Crippen LogP contribution in [0.3, 0.4) is 0 Å². The number of likely N-dealkylation sites (tertiary alicyclic amines) is 1. The van der Waals surface area contributed by atoms with Crippen molar-refractivity contribution in [2.24, 2.45) is 0 Å². The zero-order chi connectivity index (χ0) is 19.2. The van der Waals surface area contributed by atoms with E-state index in [1.807, 2.05) is 6.07 Å². The van der Waals surface area contributed by atoms with Gasteiger partial charge in [0.15, 0.2) is 11.5 Å². The summed E-state index contributed by atoms with van der Waals surface area (Å²) >= 11 is 0. The van der Waals surface area contributed by atoms with Crippen LogP contribution in [0, 0.1) is 0 Å². The van der Waals surface area contributed by atoms with Gasteiger partial charge in [-0.05, 0) is 38.1 Å². The van der Waals surface area contributed by atoms with E-state index in [-0.39, 0.29) is 11.9 Å². The Bertz CT molecular complexity index is 801. The monoisotopic (exact) mass is 377 g/mol. The molecule has 0 radical (unpaired) electrons. The van der Waals surface area contributed by atoms with Crippen LogP contribution in [0.5, 0.6) is 11.5 Å². The minimum Gasteiger partial charge on any atom is -0.504 e. The minimum absolute atomic E-state index is 0.151. The number of benzene rings is 1. The number of methoxy groups -OCH3 is 3. The second-order valence-electron chi connectivity index (χ2n) is 8.30. The van der Waals surface area contributed by atoms with Gasteiger partial charge in [0.2, 0.25) is 5.79 Å². The van der Waals surface area contributed by atoms with Gasteiger partial charge in [-0.25, -0.2) is 0 Å². The lowest BCUT2D eigenvalue weighted by atomic mass is 9.50. The summed E-state index contributed by atoms with van der Waals surface area (Å²) in [6.45, 7) is 0.820. The summed E-state index contributed by atoms with van der Waals surface area (Å²) in [7, 11) is 6.85. The van der Waals surface area contributed by atoms with Gasteiger partial charge in [-0.3, -0.25) is 4.90 Å². The summed E-state index contributed by atoms with van der Waals surface area (Å²) in [5.74, 6) is -0.521. The SMILES string of the molecule is COc1ccc2c(c1O)[C@@]13CCN(C)[C@@]14C[C@H]2O[C@]4(OC)[C@@H](OC)[C@@H](O)C3. The van der Waals surface area contributed by atoms with Gasteiger partial charge in [0.1, 0.15) is 6.10 Å². The van der Waals surface area contributed by atoms with Crippen LogP contribution in [0.1, 0.15) is 36.5 Å². The largest absolute Gasteiger partial charge is 0.504 e. The molecule has 2 bridgehead atoms. The molecule has 3 fully saturated rings. The van der Waals surface area contributed by atoms with Crippen molar-refractivity contribution in [2.45, 2.75) is 54.3 Å². The van der Waals surface area contributed by atoms with Gasteiger partial charge in [0.25, 0.3) is 0 Å². The molecule has 1 spiro atoms. The van der Waals surface area contributed by atoms with Crippen LogP contribution in [0.15, 0.2) is 12.1 Å². The van der Waals surface area contributed by atoms with Crippen molar-refractivity contribution in [1.82, 2.24) is 4.90 Å². The van der Waals surface area contributed by atoms with E-state index in [2.05, 4.69) is 11.9 Å². The lowest BCUT2D eigenvalue weighted by Crippen LogP contribution is -2.77. The third-order valence-electron chi connectivity index (χ3n) is 7.75. The van der Waals surface area contributed by atoms with E-state index in [4.69, 9.17) is 18.9 Å². The summed E-state index contributed by atoms with van der Waals surface area (Å²) in [5.41, 5.74) is 0.764. The molecule has 5 rings (SSSR count). The molecule has 0 amide bonds. The Morgan fingerprint density at radius 2 is 2.00 bits per heavy atom. The molecular weight excluding hydrogens is 350 g/mol. The first-order chi connectivity index (χ1) is 12.9. The number of aromatic hydroxyl groups is 1. The predicted molar refractivity (Wildman–Crippen MR) is 95.9 cm³/mol. The second-order valence-corrected chi connectivity index (χ2v) is 8.30. The van der Waals surface area contributed by atoms with Crippen LogP contribution in [-0.4, -0.2) is 73.6 Å². The number of hydrogen-bond donors (Lipinski definition) is 2. The molecule has 148 valence electrons. The number of aliphatic hydroxyl groups is 1. The van der Waals surface area contributed by atoms with Gasteiger partial charge >= 0.3 is 0 Å². The van der Waals surface area contributed by atoms with Crippen LogP contribution in [0.25, 0.3) is 0 Å². The van der Waals surface area contributed by atoms with Gasteiger partial charge in [-0.2, -0.15) is 0 Å². The maximum Gasteiger partial charge on any atom is 0.217 e. The van der Waals surface area contributed by atoms with Gasteiger partial charge in [-0.15, -0.1) is 0 Å². The molecule has 2 N–H and O–H groups in total. The smallest absolute Gasteiger partial charge is 0.217 e. The fraction of sp³-hybridized carbons (Fsp3) is 0.700. The molecule has 0 unspecified atom stereocenters. The van der Waals surface area contributed by atoms with Gasteiger partial charge in [0, 0.05) is 31.6 Å². The van der Waals surface area contributed by atoms with Crippen LogP contribution in [0.2, 0.25) is 0 Å². The Labute approximate surface area is 158 Å². The number of aliphatic hydroxyl groups excluding tert-OH is 1. The minimum atomic E-state index is -1.12. The zero-order valence-electron chi connectivity index (χ0n) is 16.2. The van der Waals surface area contributed by atoms with Crippen molar-refractivity contribution in [3.05, 3.63) is 23.3 Å². The van der Waals surface area contributed by atoms with Crippen molar-refractivity contribution in [3.8, 4) is 11.5 Å². The van der Waals surface area contributed by atoms with E-state index in [1.54, 1.807) is 27.4 Å². The first-order valence-corrected chi connectivity index (χ1v) is 9.48. The van der Waals surface area contributed by atoms with Crippen molar-refractivity contribution >= 4 is 0 Å². The summed E-state index contributed by atoms with van der Waals surface area (Å²) < 4.78 is 23.8. The number of nitrogens with zero attached hydrogens (tertiary/aromatic N) is 1. The molecule has 2 aliphatic carbocycles. The van der Waals surface area contributed by atoms with Gasteiger partial charge in [0.05, 0.1) is 24.9 Å². The number of fused-ring (bicyclic) bond motifs is 3. The number of phenols is 1. The van der Waals surface area contributed by atoms with Gasteiger partial charge < -0.3 is 29.2 Å². The van der Waals surface area contributed by atoms with E-state index in [1.165, 1.54) is 0 Å². The molecule has 4 aliphatic rings. The van der Waals surface area contributed by atoms with E-state index < -0.39 is 28.9 Å². The predicted octanol–water partition coefficient (Wildman–Crippen LogP) is 1.31. The fourth-order valence-electron chi connectivity index (χ4n) is 6.90. The van der Waals surface area contributed by atoms with E-state index in [9.17, 15) is 10.2 Å². The molecule has 6 atom stereocenters. The average Bonchev–Trinajstić information content (AvgIpc) is 3.15. The summed E-state index contributed by atoms with van der Waals surface area (Å²) in [5, 5.41) is 22.2. The van der Waals surface area contributed by atoms with Crippen LogP contribution < -0.4 is 4.74 Å². The summed E-state index contributed by atoms with van der Waals surface area (Å²) in [6, 6.07) is 3.76. The molecule has 2 saturated heterocycles. The van der Waals surface area contributed by atoms with Crippen LogP contribution in [0.4, 0.5) is 0 Å². The quantitative estimate of drug-likeness (QED) is 0.822. The molecule has 27 heavy (non-hydrogen) atoms. The Morgan fingerprint density at radius 3 is 2.67 bits per heavy atom. The molecule has 2 heterocycles. The van der Waals surface area contributed by atoms with E-state index >= 15 is 0 Å². The highest BCUT2D eigenvalue weighted by Crippen LogP contribution is 2.73. The first-order valence-electron chi connectivity index (χ1n) is 9.48. The third kappa shape index (κ3) is 1.64. The van der Waals surface area contributed by atoms with Crippen molar-refractivity contribution in [3.63, 3.8) is 0 Å². The normalized spacial score (nSPS) is 44.9. The van der Waals surface area contributed by atoms with Crippen LogP contribution >= 0.6 is 0 Å². The molecule has 1 aromatic rings. The lowest BCUT2D eigenvalue weighted by molar-refractivity contribution is -0.339. The van der Waals surface area contributed by atoms with E-state index in [0.717, 1.165) is 30.5 Å². The van der Waals surface area contributed by atoms with Crippen molar-refractivity contribution in [2.75, 3.05) is 34.9 Å². The number of ether oxygens (including phenoxy) is 4. The lowest BCUT2D eigenvalue weighted by Gasteiger charge is -2.61. The van der Waals surface area contributed by atoms with Crippen molar-refractivity contribution < 1.29 is 29.2 Å². The zero-order valence-corrected chi connectivity index (χ0v) is 16.2. The topological polar surface area (TPSA) is 80.6 Å². The van der Waals surface area contributed by atoms with Crippen LogP contribution in [-0.2, 0) is 19.6 Å². The third-order valence-corrected chi connectivity index (χ3v) is 7.75. The molecular formula is C20H27NO6. The summed E-state index contributed by atoms with van der Waals surface area (Å²) in [4.78, 5) is 2.29.